The Morgan fingerprint density at radius 3 is 2.48 bits per heavy atom. The van der Waals surface area contributed by atoms with Crippen molar-refractivity contribution in [2.75, 3.05) is 43.8 Å². The van der Waals surface area contributed by atoms with Gasteiger partial charge < -0.3 is 11.1 Å². The largest absolute Gasteiger partial charge is 0.399 e. The first-order valence-corrected chi connectivity index (χ1v) is 11.5. The first-order valence-electron chi connectivity index (χ1n) is 10.1. The van der Waals surface area contributed by atoms with Crippen LogP contribution < -0.4 is 11.1 Å². The number of sulfonamides is 1. The third kappa shape index (κ3) is 3.62. The summed E-state index contributed by atoms with van der Waals surface area (Å²) >= 11 is 0. The molecule has 0 saturated carbocycles. The van der Waals surface area contributed by atoms with Gasteiger partial charge in [-0.3, -0.25) is 9.69 Å². The molecule has 1 saturated heterocycles. The maximum atomic E-state index is 12.9. The third-order valence-electron chi connectivity index (χ3n) is 5.70. The van der Waals surface area contributed by atoms with E-state index >= 15 is 0 Å². The number of nitrogen functional groups attached to an aromatic ring is 1. The van der Waals surface area contributed by atoms with Gasteiger partial charge in [0.25, 0.3) is 0 Å². The molecule has 1 fully saturated rings. The second kappa shape index (κ2) is 7.56. The van der Waals surface area contributed by atoms with Crippen LogP contribution in [0.2, 0.25) is 0 Å². The van der Waals surface area contributed by atoms with Crippen molar-refractivity contribution in [3.63, 3.8) is 0 Å². The third-order valence-corrected chi connectivity index (χ3v) is 7.61. The van der Waals surface area contributed by atoms with Crippen LogP contribution in [0.25, 0.3) is 10.9 Å². The molecule has 9 nitrogen and oxygen atoms in total. The standard InChI is InChI=1S/C21H22N6O3S/c22-14-4-6-15(7-5-14)31(29,30)27-10-8-26(9-11-27)13-19-24-17-3-1-2-16-18(28)12-23-21(25-19)20(16)17/h1-7H,8-13,22H2,(H,23,24,25). The molecule has 0 aliphatic carbocycles. The number of nitrogens with zero attached hydrogens (tertiary/aromatic N) is 4. The van der Waals surface area contributed by atoms with Gasteiger partial charge in [-0.05, 0) is 30.3 Å². The summed E-state index contributed by atoms with van der Waals surface area (Å²) in [6.45, 7) is 2.69. The number of aromatic nitrogens is 2. The van der Waals surface area contributed by atoms with Crippen LogP contribution in [0.3, 0.4) is 0 Å². The molecule has 31 heavy (non-hydrogen) atoms. The van der Waals surface area contributed by atoms with E-state index in [0.717, 1.165) is 10.9 Å². The molecule has 1 aromatic heterocycles. The number of carbonyl (C=O) groups is 1. The molecule has 2 aliphatic rings. The van der Waals surface area contributed by atoms with Crippen LogP contribution >= 0.6 is 0 Å². The van der Waals surface area contributed by atoms with Crippen molar-refractivity contribution in [2.45, 2.75) is 11.4 Å². The molecule has 5 rings (SSSR count). The molecule has 0 unspecified atom stereocenters. The van der Waals surface area contributed by atoms with E-state index in [0.29, 0.717) is 55.6 Å². The molecule has 3 N–H and O–H groups in total. The van der Waals surface area contributed by atoms with Gasteiger partial charge in [-0.1, -0.05) is 12.1 Å². The minimum Gasteiger partial charge on any atom is -0.399 e. The molecule has 2 aromatic carbocycles. The second-order valence-corrected chi connectivity index (χ2v) is 9.65. The van der Waals surface area contributed by atoms with Crippen molar-refractivity contribution < 1.29 is 13.2 Å². The van der Waals surface area contributed by atoms with Gasteiger partial charge in [0.05, 0.1) is 28.9 Å². The number of piperazine rings is 1. The molecule has 2 aliphatic heterocycles. The normalized spacial score (nSPS) is 17.6. The number of hydrogen-bond acceptors (Lipinski definition) is 8. The first kappa shape index (κ1) is 19.9. The summed E-state index contributed by atoms with van der Waals surface area (Å²) in [5, 5.41) is 3.85. The molecule has 0 radical (unpaired) electrons. The van der Waals surface area contributed by atoms with Crippen molar-refractivity contribution in [3.8, 4) is 0 Å². The highest BCUT2D eigenvalue weighted by atomic mass is 32.2. The zero-order valence-corrected chi connectivity index (χ0v) is 17.6. The zero-order chi connectivity index (χ0) is 21.6. The van der Waals surface area contributed by atoms with E-state index in [1.807, 2.05) is 12.1 Å². The van der Waals surface area contributed by atoms with Crippen molar-refractivity contribution in [1.29, 1.82) is 0 Å². The van der Waals surface area contributed by atoms with Crippen LogP contribution in [-0.4, -0.2) is 66.1 Å². The van der Waals surface area contributed by atoms with E-state index in [2.05, 4.69) is 20.2 Å². The monoisotopic (exact) mass is 438 g/mol. The first-order chi connectivity index (χ1) is 14.9. The Morgan fingerprint density at radius 1 is 1.00 bits per heavy atom. The predicted molar refractivity (Wildman–Crippen MR) is 117 cm³/mol. The van der Waals surface area contributed by atoms with Crippen LogP contribution in [0, 0.1) is 0 Å². The maximum absolute atomic E-state index is 12.9. The summed E-state index contributed by atoms with van der Waals surface area (Å²) in [5.74, 6) is 1.36. The Hall–Kier alpha value is -3.08. The lowest BCUT2D eigenvalue weighted by Gasteiger charge is -2.33. The molecular formula is C21H22N6O3S. The van der Waals surface area contributed by atoms with Crippen molar-refractivity contribution in [3.05, 3.63) is 53.9 Å². The van der Waals surface area contributed by atoms with E-state index in [4.69, 9.17) is 5.73 Å². The van der Waals surface area contributed by atoms with Crippen LogP contribution in [0.1, 0.15) is 16.2 Å². The maximum Gasteiger partial charge on any atom is 0.243 e. The van der Waals surface area contributed by atoms with Gasteiger partial charge >= 0.3 is 0 Å². The summed E-state index contributed by atoms with van der Waals surface area (Å²) in [4.78, 5) is 23.8. The molecule has 3 heterocycles. The summed E-state index contributed by atoms with van der Waals surface area (Å²) in [6, 6.07) is 11.8. The van der Waals surface area contributed by atoms with E-state index < -0.39 is 10.0 Å². The van der Waals surface area contributed by atoms with Gasteiger partial charge in [0.1, 0.15) is 11.6 Å². The molecule has 0 amide bonds. The van der Waals surface area contributed by atoms with E-state index in [1.165, 1.54) is 16.4 Å². The average molecular weight is 439 g/mol. The summed E-state index contributed by atoms with van der Waals surface area (Å²) in [6.07, 6.45) is 0. The Labute approximate surface area is 179 Å². The van der Waals surface area contributed by atoms with Crippen molar-refractivity contribution in [1.82, 2.24) is 19.2 Å². The van der Waals surface area contributed by atoms with E-state index in [9.17, 15) is 13.2 Å². The number of nitrogens with two attached hydrogens (primary N) is 1. The molecule has 160 valence electrons. The van der Waals surface area contributed by atoms with Gasteiger partial charge in [-0.25, -0.2) is 18.4 Å². The van der Waals surface area contributed by atoms with Crippen LogP contribution in [-0.2, 0) is 16.6 Å². The van der Waals surface area contributed by atoms with Crippen LogP contribution in [0.5, 0.6) is 0 Å². The lowest BCUT2D eigenvalue weighted by Crippen LogP contribution is -2.48. The molecule has 3 aromatic rings. The van der Waals surface area contributed by atoms with Gasteiger partial charge in [-0.15, -0.1) is 0 Å². The van der Waals surface area contributed by atoms with Crippen molar-refractivity contribution >= 4 is 38.2 Å². The number of anilines is 2. The number of ketones is 1. The summed E-state index contributed by atoms with van der Waals surface area (Å²) < 4.78 is 27.2. The van der Waals surface area contributed by atoms with Crippen LogP contribution in [0.15, 0.2) is 47.4 Å². The topological polar surface area (TPSA) is 122 Å². The number of benzene rings is 2. The molecule has 0 spiro atoms. The number of hydrogen-bond donors (Lipinski definition) is 2. The average Bonchev–Trinajstić information content (AvgIpc) is 2.77. The quantitative estimate of drug-likeness (QED) is 0.585. The lowest BCUT2D eigenvalue weighted by molar-refractivity contribution is 0.101. The minimum atomic E-state index is -3.54. The fraction of sp³-hybridized carbons (Fsp3) is 0.286. The Bertz CT molecular complexity index is 1270. The number of rotatable bonds is 4. The number of nitrogens with one attached hydrogen (secondary N) is 1. The fourth-order valence-corrected chi connectivity index (χ4v) is 5.46. The molecule has 0 atom stereocenters. The highest BCUT2D eigenvalue weighted by Gasteiger charge is 2.29. The zero-order valence-electron chi connectivity index (χ0n) is 16.8. The SMILES string of the molecule is Nc1ccc(S(=O)(=O)N2CCN(Cc3nc4c5c(cccc5n3)C(=O)CN4)CC2)cc1. The Balaban J connectivity index is 1.31. The summed E-state index contributed by atoms with van der Waals surface area (Å²) in [5.41, 5.74) is 7.59. The van der Waals surface area contributed by atoms with Gasteiger partial charge in [0, 0.05) is 37.4 Å². The highest BCUT2D eigenvalue weighted by molar-refractivity contribution is 7.89. The fourth-order valence-electron chi connectivity index (χ4n) is 4.04. The van der Waals surface area contributed by atoms with E-state index in [-0.39, 0.29) is 17.2 Å². The summed E-state index contributed by atoms with van der Waals surface area (Å²) in [7, 11) is -3.54. The van der Waals surface area contributed by atoms with Gasteiger partial charge in [-0.2, -0.15) is 4.31 Å². The Morgan fingerprint density at radius 2 is 1.74 bits per heavy atom. The Kier molecular flexibility index (Phi) is 4.84. The molecular weight excluding hydrogens is 416 g/mol. The highest BCUT2D eigenvalue weighted by Crippen LogP contribution is 2.28. The van der Waals surface area contributed by atoms with E-state index in [1.54, 1.807) is 18.2 Å². The predicted octanol–water partition coefficient (Wildman–Crippen LogP) is 1.33. The van der Waals surface area contributed by atoms with Gasteiger partial charge in [0.15, 0.2) is 5.78 Å². The molecule has 0 bridgehead atoms. The smallest absolute Gasteiger partial charge is 0.243 e. The number of carbonyl (C=O) groups excluding carboxylic acids is 1. The van der Waals surface area contributed by atoms with Crippen molar-refractivity contribution in [2.24, 2.45) is 0 Å². The lowest BCUT2D eigenvalue weighted by atomic mass is 10.0. The van der Waals surface area contributed by atoms with Gasteiger partial charge in [0.2, 0.25) is 10.0 Å². The second-order valence-electron chi connectivity index (χ2n) is 7.71. The molecule has 10 heteroatoms. The van der Waals surface area contributed by atoms with Crippen LogP contribution in [0.4, 0.5) is 11.5 Å². The number of Topliss-reactive ketones (excluding diaryl/α,β-unsaturated/α-hetero) is 1. The minimum absolute atomic E-state index is 0.0351.